The molecule has 1 aromatic carbocycles. The molecular formula is C15H18FN3O2. The fraction of sp³-hybridized carbons (Fsp3) is 0.467. The molecule has 2 unspecified atom stereocenters. The third-order valence-electron chi connectivity index (χ3n) is 4.09. The van der Waals surface area contributed by atoms with Crippen molar-refractivity contribution in [3.63, 3.8) is 0 Å². The average Bonchev–Trinajstić information content (AvgIpc) is 2.92. The van der Waals surface area contributed by atoms with Crippen molar-refractivity contribution in [1.82, 2.24) is 10.1 Å². The molecule has 0 aliphatic heterocycles. The quantitative estimate of drug-likeness (QED) is 0.888. The van der Waals surface area contributed by atoms with Gasteiger partial charge in [0.2, 0.25) is 11.7 Å². The number of nitrogens with zero attached hydrogens (tertiary/aromatic N) is 2. The van der Waals surface area contributed by atoms with Crippen LogP contribution in [0, 0.1) is 11.7 Å². The van der Waals surface area contributed by atoms with Crippen LogP contribution in [0.15, 0.2) is 22.7 Å². The van der Waals surface area contributed by atoms with Crippen molar-refractivity contribution >= 4 is 0 Å². The fourth-order valence-electron chi connectivity index (χ4n) is 2.98. The first-order valence-corrected chi connectivity index (χ1v) is 7.10. The van der Waals surface area contributed by atoms with Crippen molar-refractivity contribution in [3.05, 3.63) is 29.9 Å². The number of halogens is 1. The van der Waals surface area contributed by atoms with Crippen LogP contribution < -0.4 is 5.73 Å². The predicted molar refractivity (Wildman–Crippen MR) is 74.9 cm³/mol. The fourth-order valence-corrected chi connectivity index (χ4v) is 2.98. The van der Waals surface area contributed by atoms with E-state index in [2.05, 4.69) is 17.1 Å². The topological polar surface area (TPSA) is 85.2 Å². The first-order chi connectivity index (χ1) is 9.98. The minimum absolute atomic E-state index is 0.284. The van der Waals surface area contributed by atoms with E-state index in [-0.39, 0.29) is 5.82 Å². The van der Waals surface area contributed by atoms with Gasteiger partial charge in [0.1, 0.15) is 0 Å². The van der Waals surface area contributed by atoms with Gasteiger partial charge in [-0.05, 0) is 37.0 Å². The van der Waals surface area contributed by atoms with Gasteiger partial charge in [0, 0.05) is 5.56 Å². The summed E-state index contributed by atoms with van der Waals surface area (Å²) in [6.07, 6.45) is 3.80. The molecule has 1 aliphatic carbocycles. The smallest absolute Gasteiger partial charge is 0.247 e. The zero-order chi connectivity index (χ0) is 15.0. The minimum Gasteiger partial charge on any atom is -0.505 e. The van der Waals surface area contributed by atoms with Gasteiger partial charge in [-0.3, -0.25) is 0 Å². The van der Waals surface area contributed by atoms with Gasteiger partial charge in [0.05, 0.1) is 5.54 Å². The number of phenolic OH excluding ortho intramolecular Hbond substituents is 1. The van der Waals surface area contributed by atoms with Crippen LogP contribution in [0.4, 0.5) is 4.39 Å². The van der Waals surface area contributed by atoms with Gasteiger partial charge in [-0.2, -0.15) is 4.98 Å². The molecule has 0 spiro atoms. The second-order valence-corrected chi connectivity index (χ2v) is 5.95. The molecule has 1 aliphatic rings. The Kier molecular flexibility index (Phi) is 3.41. The molecule has 1 fully saturated rings. The van der Waals surface area contributed by atoms with Crippen molar-refractivity contribution in [2.24, 2.45) is 11.7 Å². The van der Waals surface area contributed by atoms with E-state index < -0.39 is 17.1 Å². The lowest BCUT2D eigenvalue weighted by atomic mass is 9.77. The van der Waals surface area contributed by atoms with Crippen molar-refractivity contribution in [1.29, 1.82) is 0 Å². The highest BCUT2D eigenvalue weighted by atomic mass is 19.1. The zero-order valence-electron chi connectivity index (χ0n) is 11.8. The highest BCUT2D eigenvalue weighted by Crippen LogP contribution is 2.37. The van der Waals surface area contributed by atoms with Gasteiger partial charge >= 0.3 is 0 Å². The molecule has 0 saturated heterocycles. The van der Waals surface area contributed by atoms with Crippen molar-refractivity contribution < 1.29 is 14.0 Å². The van der Waals surface area contributed by atoms with Gasteiger partial charge in [-0.25, -0.2) is 4.39 Å². The maximum atomic E-state index is 13.4. The Bertz CT molecular complexity index is 658. The molecule has 6 heteroatoms. The summed E-state index contributed by atoms with van der Waals surface area (Å²) in [5.41, 5.74) is 6.26. The van der Waals surface area contributed by atoms with Gasteiger partial charge < -0.3 is 15.4 Å². The van der Waals surface area contributed by atoms with E-state index in [0.717, 1.165) is 25.7 Å². The van der Waals surface area contributed by atoms with Crippen LogP contribution in [0.1, 0.15) is 38.5 Å². The Labute approximate surface area is 122 Å². The predicted octanol–water partition coefficient (Wildman–Crippen LogP) is 2.95. The normalized spacial score (nSPS) is 26.0. The molecule has 3 N–H and O–H groups in total. The molecule has 3 rings (SSSR count). The molecule has 0 radical (unpaired) electrons. The number of hydrogen-bond acceptors (Lipinski definition) is 5. The standard InChI is InChI=1S/C15H18FN3O2/c1-9-3-2-6-15(17,8-9)14-18-13(19-21-14)10-4-5-12(20)11(16)7-10/h4-5,7,9,20H,2-3,6,8,17H2,1H3. The number of nitrogens with two attached hydrogens (primary N) is 1. The molecule has 112 valence electrons. The molecule has 0 amide bonds. The molecule has 1 saturated carbocycles. The Morgan fingerprint density at radius 2 is 2.29 bits per heavy atom. The molecule has 2 atom stereocenters. The second-order valence-electron chi connectivity index (χ2n) is 5.95. The van der Waals surface area contributed by atoms with Crippen molar-refractivity contribution in [3.8, 4) is 17.1 Å². The van der Waals surface area contributed by atoms with E-state index in [0.29, 0.717) is 17.4 Å². The van der Waals surface area contributed by atoms with Gasteiger partial charge in [-0.15, -0.1) is 0 Å². The Morgan fingerprint density at radius 1 is 1.48 bits per heavy atom. The SMILES string of the molecule is CC1CCCC(N)(c2nc(-c3ccc(O)c(F)c3)no2)C1. The summed E-state index contributed by atoms with van der Waals surface area (Å²) in [5.74, 6) is 0.0844. The minimum atomic E-state index is -0.715. The number of benzene rings is 1. The van der Waals surface area contributed by atoms with E-state index in [1.165, 1.54) is 12.1 Å². The molecule has 5 nitrogen and oxygen atoms in total. The first kappa shape index (κ1) is 14.0. The summed E-state index contributed by atoms with van der Waals surface area (Å²) in [6.45, 7) is 2.16. The van der Waals surface area contributed by atoms with E-state index >= 15 is 0 Å². The van der Waals surface area contributed by atoms with Crippen LogP contribution in [0.5, 0.6) is 5.75 Å². The van der Waals surface area contributed by atoms with Crippen LogP contribution in [0.3, 0.4) is 0 Å². The molecular weight excluding hydrogens is 273 g/mol. The summed E-state index contributed by atoms with van der Waals surface area (Å²) < 4.78 is 18.7. The number of rotatable bonds is 2. The largest absolute Gasteiger partial charge is 0.505 e. The van der Waals surface area contributed by atoms with E-state index in [9.17, 15) is 9.50 Å². The van der Waals surface area contributed by atoms with E-state index in [1.54, 1.807) is 6.07 Å². The number of phenols is 1. The summed E-state index contributed by atoms with van der Waals surface area (Å²) in [4.78, 5) is 4.33. The van der Waals surface area contributed by atoms with Crippen LogP contribution in [0.2, 0.25) is 0 Å². The van der Waals surface area contributed by atoms with Crippen molar-refractivity contribution in [2.75, 3.05) is 0 Å². The lowest BCUT2D eigenvalue weighted by molar-refractivity contribution is 0.183. The Balaban J connectivity index is 1.90. The van der Waals surface area contributed by atoms with Crippen LogP contribution in [0.25, 0.3) is 11.4 Å². The van der Waals surface area contributed by atoms with Crippen LogP contribution >= 0.6 is 0 Å². The number of aromatic nitrogens is 2. The lowest BCUT2D eigenvalue weighted by Gasteiger charge is -2.33. The average molecular weight is 291 g/mol. The van der Waals surface area contributed by atoms with Gasteiger partial charge in [0.25, 0.3) is 0 Å². The molecule has 1 heterocycles. The first-order valence-electron chi connectivity index (χ1n) is 7.10. The zero-order valence-corrected chi connectivity index (χ0v) is 11.8. The second kappa shape index (κ2) is 5.11. The van der Waals surface area contributed by atoms with E-state index in [1.807, 2.05) is 0 Å². The van der Waals surface area contributed by atoms with Crippen LogP contribution in [-0.4, -0.2) is 15.2 Å². The summed E-state index contributed by atoms with van der Waals surface area (Å²) in [6, 6.07) is 3.98. The monoisotopic (exact) mass is 291 g/mol. The lowest BCUT2D eigenvalue weighted by Crippen LogP contribution is -2.41. The van der Waals surface area contributed by atoms with Crippen LogP contribution in [-0.2, 0) is 5.54 Å². The molecule has 21 heavy (non-hydrogen) atoms. The van der Waals surface area contributed by atoms with Gasteiger partial charge in [0.15, 0.2) is 11.6 Å². The maximum Gasteiger partial charge on any atom is 0.247 e. The molecule has 2 aromatic rings. The highest BCUT2D eigenvalue weighted by Gasteiger charge is 2.37. The molecule has 1 aromatic heterocycles. The number of aromatic hydroxyl groups is 1. The summed E-state index contributed by atoms with van der Waals surface area (Å²) >= 11 is 0. The third-order valence-corrected chi connectivity index (χ3v) is 4.09. The highest BCUT2D eigenvalue weighted by molar-refractivity contribution is 5.56. The van der Waals surface area contributed by atoms with Gasteiger partial charge in [-0.1, -0.05) is 24.9 Å². The summed E-state index contributed by atoms with van der Waals surface area (Å²) in [7, 11) is 0. The Morgan fingerprint density at radius 3 is 3.00 bits per heavy atom. The Hall–Kier alpha value is -1.95. The van der Waals surface area contributed by atoms with E-state index in [4.69, 9.17) is 10.3 Å². The van der Waals surface area contributed by atoms with Crippen molar-refractivity contribution in [2.45, 2.75) is 38.1 Å². The number of hydrogen-bond donors (Lipinski definition) is 2. The maximum absolute atomic E-state index is 13.4. The molecule has 0 bridgehead atoms. The summed E-state index contributed by atoms with van der Waals surface area (Å²) in [5, 5.41) is 13.1. The third kappa shape index (κ3) is 2.63.